The van der Waals surface area contributed by atoms with Crippen LogP contribution in [0.15, 0.2) is 48.9 Å². The Hall–Kier alpha value is -2.23. The molecule has 4 heteroatoms. The van der Waals surface area contributed by atoms with Crippen LogP contribution < -0.4 is 0 Å². The minimum Gasteiger partial charge on any atom is -0.250 e. The largest absolute Gasteiger partial charge is 0.250 e. The number of hydrogen-bond acceptors (Lipinski definition) is 3. The lowest BCUT2D eigenvalue weighted by atomic mass is 10.2. The average Bonchev–Trinajstić information content (AvgIpc) is 2.74. The Bertz CT molecular complexity index is 600. The monoisotopic (exact) mass is 210 g/mol. The lowest BCUT2D eigenvalue weighted by Crippen LogP contribution is -2.02. The molecule has 16 heavy (non-hydrogen) atoms. The van der Waals surface area contributed by atoms with Crippen molar-refractivity contribution in [3.8, 4) is 0 Å². The van der Waals surface area contributed by atoms with Crippen LogP contribution in [0.5, 0.6) is 0 Å². The van der Waals surface area contributed by atoms with Crippen LogP contribution in [0.25, 0.3) is 11.2 Å². The van der Waals surface area contributed by atoms with Gasteiger partial charge in [-0.25, -0.2) is 14.6 Å². The van der Waals surface area contributed by atoms with Gasteiger partial charge in [-0.2, -0.15) is 5.10 Å². The third-order valence-corrected chi connectivity index (χ3v) is 2.45. The number of nitrogens with zero attached hydrogens (tertiary/aromatic N) is 4. The Balaban J connectivity index is 2.01. The first kappa shape index (κ1) is 9.03. The summed E-state index contributed by atoms with van der Waals surface area (Å²) in [4.78, 5) is 8.47. The molecule has 3 rings (SSSR count). The summed E-state index contributed by atoms with van der Waals surface area (Å²) in [6.45, 7) is 0.725. The first-order valence-electron chi connectivity index (χ1n) is 5.10. The topological polar surface area (TPSA) is 43.6 Å². The van der Waals surface area contributed by atoms with E-state index in [1.54, 1.807) is 18.6 Å². The van der Waals surface area contributed by atoms with Crippen LogP contribution in [0, 0.1) is 0 Å². The van der Waals surface area contributed by atoms with E-state index < -0.39 is 0 Å². The van der Waals surface area contributed by atoms with Crippen LogP contribution in [0.1, 0.15) is 5.56 Å². The van der Waals surface area contributed by atoms with E-state index in [1.165, 1.54) is 5.56 Å². The molecule has 0 spiro atoms. The van der Waals surface area contributed by atoms with Gasteiger partial charge in [0.05, 0.1) is 12.7 Å². The summed E-state index contributed by atoms with van der Waals surface area (Å²) >= 11 is 0. The fourth-order valence-corrected chi connectivity index (χ4v) is 1.68. The zero-order valence-electron chi connectivity index (χ0n) is 8.61. The van der Waals surface area contributed by atoms with Gasteiger partial charge in [-0.05, 0) is 5.56 Å². The highest BCUT2D eigenvalue weighted by molar-refractivity contribution is 5.68. The summed E-state index contributed by atoms with van der Waals surface area (Å²) < 4.78 is 1.86. The number of rotatable bonds is 2. The Morgan fingerprint density at radius 1 is 1.00 bits per heavy atom. The van der Waals surface area contributed by atoms with Gasteiger partial charge in [0, 0.05) is 12.4 Å². The number of hydrogen-bond donors (Lipinski definition) is 0. The molecule has 0 aliphatic carbocycles. The molecule has 78 valence electrons. The summed E-state index contributed by atoms with van der Waals surface area (Å²) in [5.41, 5.74) is 2.86. The molecule has 3 aromatic rings. The van der Waals surface area contributed by atoms with Crippen molar-refractivity contribution in [1.82, 2.24) is 19.7 Å². The summed E-state index contributed by atoms with van der Waals surface area (Å²) in [7, 11) is 0. The van der Waals surface area contributed by atoms with Crippen LogP contribution in [0.3, 0.4) is 0 Å². The lowest BCUT2D eigenvalue weighted by Gasteiger charge is -2.02. The lowest BCUT2D eigenvalue weighted by molar-refractivity contribution is 0.704. The molecule has 0 N–H and O–H groups in total. The Morgan fingerprint density at radius 2 is 1.81 bits per heavy atom. The fraction of sp³-hybridized carbons (Fsp3) is 0.0833. The van der Waals surface area contributed by atoms with Crippen molar-refractivity contribution in [3.05, 3.63) is 54.5 Å². The third-order valence-electron chi connectivity index (χ3n) is 2.45. The number of benzene rings is 1. The standard InChI is InChI=1S/C12H10N4/c1-2-4-10(5-3-1)9-16-12-11(8-15-16)13-6-7-14-12/h1-8H,9H2. The summed E-state index contributed by atoms with van der Waals surface area (Å²) in [5, 5.41) is 4.28. The van der Waals surface area contributed by atoms with E-state index in [4.69, 9.17) is 0 Å². The zero-order chi connectivity index (χ0) is 10.8. The highest BCUT2D eigenvalue weighted by Gasteiger charge is 2.03. The number of aromatic nitrogens is 4. The van der Waals surface area contributed by atoms with E-state index in [2.05, 4.69) is 27.2 Å². The fourth-order valence-electron chi connectivity index (χ4n) is 1.68. The highest BCUT2D eigenvalue weighted by atomic mass is 15.3. The minimum absolute atomic E-state index is 0.725. The zero-order valence-corrected chi connectivity index (χ0v) is 8.61. The van der Waals surface area contributed by atoms with E-state index in [9.17, 15) is 0 Å². The second-order valence-corrected chi connectivity index (χ2v) is 3.55. The predicted molar refractivity (Wildman–Crippen MR) is 60.9 cm³/mol. The van der Waals surface area contributed by atoms with Crippen molar-refractivity contribution in [2.75, 3.05) is 0 Å². The molecule has 0 atom stereocenters. The maximum Gasteiger partial charge on any atom is 0.177 e. The SMILES string of the molecule is c1ccc(Cn2ncc3nccnc32)cc1. The van der Waals surface area contributed by atoms with Crippen LogP contribution in [-0.2, 0) is 6.54 Å². The van der Waals surface area contributed by atoms with E-state index in [-0.39, 0.29) is 0 Å². The molecule has 0 amide bonds. The van der Waals surface area contributed by atoms with Gasteiger partial charge in [-0.3, -0.25) is 0 Å². The summed E-state index contributed by atoms with van der Waals surface area (Å²) in [6.07, 6.45) is 5.10. The molecule has 4 nitrogen and oxygen atoms in total. The average molecular weight is 210 g/mol. The van der Waals surface area contributed by atoms with E-state index in [0.29, 0.717) is 0 Å². The summed E-state index contributed by atoms with van der Waals surface area (Å²) in [5.74, 6) is 0. The Morgan fingerprint density at radius 3 is 2.69 bits per heavy atom. The molecular weight excluding hydrogens is 200 g/mol. The van der Waals surface area contributed by atoms with Gasteiger partial charge >= 0.3 is 0 Å². The first-order chi connectivity index (χ1) is 7.93. The van der Waals surface area contributed by atoms with Crippen LogP contribution >= 0.6 is 0 Å². The molecule has 2 aromatic heterocycles. The molecule has 0 radical (unpaired) electrons. The Labute approximate surface area is 92.6 Å². The van der Waals surface area contributed by atoms with Crippen LogP contribution in [0.4, 0.5) is 0 Å². The molecule has 0 aliphatic heterocycles. The van der Waals surface area contributed by atoms with Crippen molar-refractivity contribution in [1.29, 1.82) is 0 Å². The van der Waals surface area contributed by atoms with Gasteiger partial charge < -0.3 is 0 Å². The van der Waals surface area contributed by atoms with E-state index in [0.717, 1.165) is 17.7 Å². The quantitative estimate of drug-likeness (QED) is 0.648. The molecule has 0 bridgehead atoms. The van der Waals surface area contributed by atoms with E-state index >= 15 is 0 Å². The molecule has 2 heterocycles. The summed E-state index contributed by atoms with van der Waals surface area (Å²) in [6, 6.07) is 10.2. The van der Waals surface area contributed by atoms with Crippen molar-refractivity contribution < 1.29 is 0 Å². The smallest absolute Gasteiger partial charge is 0.177 e. The van der Waals surface area contributed by atoms with Gasteiger partial charge in [0.2, 0.25) is 0 Å². The van der Waals surface area contributed by atoms with E-state index in [1.807, 2.05) is 22.9 Å². The maximum absolute atomic E-state index is 4.28. The molecule has 1 aromatic carbocycles. The number of fused-ring (bicyclic) bond motifs is 1. The second kappa shape index (κ2) is 3.73. The molecule has 0 saturated carbocycles. The van der Waals surface area contributed by atoms with Crippen molar-refractivity contribution in [2.45, 2.75) is 6.54 Å². The van der Waals surface area contributed by atoms with Crippen LogP contribution in [-0.4, -0.2) is 19.7 Å². The van der Waals surface area contributed by atoms with Gasteiger partial charge in [0.1, 0.15) is 5.52 Å². The molecule has 0 unspecified atom stereocenters. The van der Waals surface area contributed by atoms with Gasteiger partial charge in [0.15, 0.2) is 5.65 Å². The first-order valence-corrected chi connectivity index (χ1v) is 5.10. The normalized spacial score (nSPS) is 10.8. The second-order valence-electron chi connectivity index (χ2n) is 3.55. The molecule has 0 aliphatic rings. The van der Waals surface area contributed by atoms with Gasteiger partial charge in [-0.15, -0.1) is 0 Å². The highest BCUT2D eigenvalue weighted by Crippen LogP contribution is 2.09. The van der Waals surface area contributed by atoms with Crippen molar-refractivity contribution >= 4 is 11.2 Å². The van der Waals surface area contributed by atoms with Crippen LogP contribution in [0.2, 0.25) is 0 Å². The Kier molecular flexibility index (Phi) is 2.11. The molecule has 0 fully saturated rings. The molecular formula is C12H10N4. The van der Waals surface area contributed by atoms with Crippen molar-refractivity contribution in [3.63, 3.8) is 0 Å². The third kappa shape index (κ3) is 1.54. The van der Waals surface area contributed by atoms with Gasteiger partial charge in [-0.1, -0.05) is 30.3 Å². The minimum atomic E-state index is 0.725. The predicted octanol–water partition coefficient (Wildman–Crippen LogP) is 1.87. The van der Waals surface area contributed by atoms with Gasteiger partial charge in [0.25, 0.3) is 0 Å². The molecule has 0 saturated heterocycles. The van der Waals surface area contributed by atoms with Crippen molar-refractivity contribution in [2.24, 2.45) is 0 Å². The maximum atomic E-state index is 4.28.